The molecular weight excluding hydrogens is 260 g/mol. The quantitative estimate of drug-likeness (QED) is 0.658. The van der Waals surface area contributed by atoms with Gasteiger partial charge in [-0.1, -0.05) is 0 Å². The van der Waals surface area contributed by atoms with Crippen LogP contribution >= 0.6 is 0 Å². The zero-order chi connectivity index (χ0) is 15.0. The molecule has 0 aromatic carbocycles. The number of urea groups is 1. The molecule has 6 heteroatoms. The van der Waals surface area contributed by atoms with Crippen LogP contribution in [0.4, 0.5) is 4.79 Å². The van der Waals surface area contributed by atoms with Crippen LogP contribution in [0.3, 0.4) is 0 Å². The van der Waals surface area contributed by atoms with Crippen LogP contribution in [0.5, 0.6) is 0 Å². The molecule has 2 amide bonds. The number of aliphatic carboxylic acids is 1. The zero-order valence-corrected chi connectivity index (χ0v) is 12.2. The standard InChI is InChI=1S/C14H26N2O4/c1-2-16(8-3-9-17)14(20)15-10-11-4-6-12(7-5-11)13(18)19/h11-12,17H,2-10H2,1H3,(H,15,20)(H,18,19). The van der Waals surface area contributed by atoms with Crippen molar-refractivity contribution in [3.63, 3.8) is 0 Å². The van der Waals surface area contributed by atoms with Crippen molar-refractivity contribution in [2.45, 2.75) is 39.0 Å². The Morgan fingerprint density at radius 1 is 1.25 bits per heavy atom. The highest BCUT2D eigenvalue weighted by Crippen LogP contribution is 2.28. The van der Waals surface area contributed by atoms with Gasteiger partial charge in [-0.3, -0.25) is 4.79 Å². The minimum absolute atomic E-state index is 0.0863. The van der Waals surface area contributed by atoms with Gasteiger partial charge in [0, 0.05) is 26.2 Å². The number of carboxylic acid groups (broad SMARTS) is 1. The van der Waals surface area contributed by atoms with E-state index in [0.29, 0.717) is 44.8 Å². The van der Waals surface area contributed by atoms with Crippen molar-refractivity contribution in [3.8, 4) is 0 Å². The van der Waals surface area contributed by atoms with Gasteiger partial charge in [-0.2, -0.15) is 0 Å². The molecule has 20 heavy (non-hydrogen) atoms. The molecule has 1 rings (SSSR count). The Morgan fingerprint density at radius 2 is 1.90 bits per heavy atom. The van der Waals surface area contributed by atoms with E-state index in [0.717, 1.165) is 12.8 Å². The van der Waals surface area contributed by atoms with Crippen molar-refractivity contribution >= 4 is 12.0 Å². The molecule has 6 nitrogen and oxygen atoms in total. The monoisotopic (exact) mass is 286 g/mol. The first-order valence-corrected chi connectivity index (χ1v) is 7.44. The topological polar surface area (TPSA) is 89.9 Å². The summed E-state index contributed by atoms with van der Waals surface area (Å²) in [4.78, 5) is 24.5. The van der Waals surface area contributed by atoms with Gasteiger partial charge in [0.2, 0.25) is 0 Å². The summed E-state index contributed by atoms with van der Waals surface area (Å²) in [6.07, 6.45) is 3.72. The van der Waals surface area contributed by atoms with Crippen molar-refractivity contribution in [1.29, 1.82) is 0 Å². The Morgan fingerprint density at radius 3 is 2.40 bits per heavy atom. The van der Waals surface area contributed by atoms with Crippen molar-refractivity contribution in [3.05, 3.63) is 0 Å². The maximum Gasteiger partial charge on any atom is 0.317 e. The van der Waals surface area contributed by atoms with Crippen molar-refractivity contribution < 1.29 is 19.8 Å². The van der Waals surface area contributed by atoms with E-state index in [9.17, 15) is 9.59 Å². The van der Waals surface area contributed by atoms with Gasteiger partial charge >= 0.3 is 12.0 Å². The van der Waals surface area contributed by atoms with Crippen LogP contribution < -0.4 is 5.32 Å². The molecule has 1 fully saturated rings. The Kier molecular flexibility index (Phi) is 7.36. The number of carbonyl (C=O) groups is 2. The minimum atomic E-state index is -0.700. The molecule has 0 aliphatic heterocycles. The summed E-state index contributed by atoms with van der Waals surface area (Å²) in [5.74, 6) is -0.529. The Bertz CT molecular complexity index is 314. The Hall–Kier alpha value is -1.30. The molecule has 116 valence electrons. The molecule has 3 N–H and O–H groups in total. The second-order valence-corrected chi connectivity index (χ2v) is 5.40. The predicted octanol–water partition coefficient (Wildman–Crippen LogP) is 1.29. The number of aliphatic hydroxyl groups excluding tert-OH is 1. The van der Waals surface area contributed by atoms with Crippen LogP contribution in [0.2, 0.25) is 0 Å². The zero-order valence-electron chi connectivity index (χ0n) is 12.2. The van der Waals surface area contributed by atoms with E-state index in [-0.39, 0.29) is 18.6 Å². The minimum Gasteiger partial charge on any atom is -0.481 e. The third-order valence-electron chi connectivity index (χ3n) is 3.99. The molecule has 0 aromatic heterocycles. The first-order chi connectivity index (χ1) is 9.58. The number of hydrogen-bond acceptors (Lipinski definition) is 3. The highest BCUT2D eigenvalue weighted by Gasteiger charge is 2.26. The average molecular weight is 286 g/mol. The van der Waals surface area contributed by atoms with Gasteiger partial charge in [-0.05, 0) is 44.9 Å². The van der Waals surface area contributed by atoms with E-state index in [1.165, 1.54) is 0 Å². The summed E-state index contributed by atoms with van der Waals surface area (Å²) < 4.78 is 0. The smallest absolute Gasteiger partial charge is 0.317 e. The number of amides is 2. The first-order valence-electron chi connectivity index (χ1n) is 7.44. The lowest BCUT2D eigenvalue weighted by Gasteiger charge is -2.27. The lowest BCUT2D eigenvalue weighted by atomic mass is 9.82. The molecule has 0 spiro atoms. The van der Waals surface area contributed by atoms with Gasteiger partial charge in [-0.25, -0.2) is 4.79 Å². The van der Waals surface area contributed by atoms with Crippen LogP contribution in [0.1, 0.15) is 39.0 Å². The van der Waals surface area contributed by atoms with Crippen LogP contribution in [0.15, 0.2) is 0 Å². The SMILES string of the molecule is CCN(CCCO)C(=O)NCC1CCC(C(=O)O)CC1. The lowest BCUT2D eigenvalue weighted by molar-refractivity contribution is -0.143. The summed E-state index contributed by atoms with van der Waals surface area (Å²) in [7, 11) is 0. The third kappa shape index (κ3) is 5.36. The van der Waals surface area contributed by atoms with Crippen LogP contribution in [0.25, 0.3) is 0 Å². The van der Waals surface area contributed by atoms with E-state index >= 15 is 0 Å². The third-order valence-corrected chi connectivity index (χ3v) is 3.99. The highest BCUT2D eigenvalue weighted by molar-refractivity contribution is 5.74. The normalized spacial score (nSPS) is 22.3. The number of carboxylic acids is 1. The number of rotatable bonds is 7. The molecule has 1 saturated carbocycles. The van der Waals surface area contributed by atoms with E-state index in [1.54, 1.807) is 4.90 Å². The fourth-order valence-corrected chi connectivity index (χ4v) is 2.62. The molecule has 0 unspecified atom stereocenters. The second kappa shape index (κ2) is 8.79. The summed E-state index contributed by atoms with van der Waals surface area (Å²) >= 11 is 0. The number of hydrogen-bond donors (Lipinski definition) is 3. The van der Waals surface area contributed by atoms with Crippen molar-refractivity contribution in [1.82, 2.24) is 10.2 Å². The fourth-order valence-electron chi connectivity index (χ4n) is 2.62. The molecule has 0 heterocycles. The molecule has 0 bridgehead atoms. The Labute approximate surface area is 120 Å². The van der Waals surface area contributed by atoms with Gasteiger partial charge in [0.05, 0.1) is 5.92 Å². The molecule has 1 aliphatic carbocycles. The maximum absolute atomic E-state index is 11.9. The van der Waals surface area contributed by atoms with Crippen LogP contribution in [0, 0.1) is 11.8 Å². The summed E-state index contributed by atoms with van der Waals surface area (Å²) in [5, 5.41) is 20.6. The number of aliphatic hydroxyl groups is 1. The highest BCUT2D eigenvalue weighted by atomic mass is 16.4. The summed E-state index contributed by atoms with van der Waals surface area (Å²) in [5.41, 5.74) is 0. The van der Waals surface area contributed by atoms with Crippen LogP contribution in [-0.2, 0) is 4.79 Å². The summed E-state index contributed by atoms with van der Waals surface area (Å²) in [6, 6.07) is -0.0960. The van der Waals surface area contributed by atoms with Gasteiger partial charge in [0.1, 0.15) is 0 Å². The van der Waals surface area contributed by atoms with Gasteiger partial charge < -0.3 is 20.4 Å². The second-order valence-electron chi connectivity index (χ2n) is 5.40. The molecule has 0 aromatic rings. The molecule has 1 aliphatic rings. The summed E-state index contributed by atoms with van der Waals surface area (Å²) in [6.45, 7) is 3.79. The van der Waals surface area contributed by atoms with Gasteiger partial charge in [0.15, 0.2) is 0 Å². The largest absolute Gasteiger partial charge is 0.481 e. The Balaban J connectivity index is 2.26. The van der Waals surface area contributed by atoms with Crippen LogP contribution in [-0.4, -0.2) is 53.4 Å². The van der Waals surface area contributed by atoms with E-state index in [4.69, 9.17) is 10.2 Å². The molecular formula is C14H26N2O4. The van der Waals surface area contributed by atoms with E-state index in [1.807, 2.05) is 6.92 Å². The molecule has 0 atom stereocenters. The van der Waals surface area contributed by atoms with E-state index in [2.05, 4.69) is 5.32 Å². The number of nitrogens with zero attached hydrogens (tertiary/aromatic N) is 1. The maximum atomic E-state index is 11.9. The predicted molar refractivity (Wildman–Crippen MR) is 75.4 cm³/mol. The fraction of sp³-hybridized carbons (Fsp3) is 0.857. The van der Waals surface area contributed by atoms with Gasteiger partial charge in [-0.15, -0.1) is 0 Å². The molecule has 0 saturated heterocycles. The van der Waals surface area contributed by atoms with E-state index < -0.39 is 5.97 Å². The molecule has 0 radical (unpaired) electrons. The van der Waals surface area contributed by atoms with Gasteiger partial charge in [0.25, 0.3) is 0 Å². The number of carbonyl (C=O) groups excluding carboxylic acids is 1. The average Bonchev–Trinajstić information content (AvgIpc) is 2.46. The lowest BCUT2D eigenvalue weighted by Crippen LogP contribution is -2.43. The van der Waals surface area contributed by atoms with Crippen molar-refractivity contribution in [2.75, 3.05) is 26.2 Å². The van der Waals surface area contributed by atoms with Crippen molar-refractivity contribution in [2.24, 2.45) is 11.8 Å². The first kappa shape index (κ1) is 16.8. The number of nitrogens with one attached hydrogen (secondary N) is 1.